The van der Waals surface area contributed by atoms with Crippen molar-refractivity contribution in [1.82, 2.24) is 14.8 Å². The third-order valence-corrected chi connectivity index (χ3v) is 3.14. The predicted molar refractivity (Wildman–Crippen MR) is 71.8 cm³/mol. The summed E-state index contributed by atoms with van der Waals surface area (Å²) in [4.78, 5) is 0. The monoisotopic (exact) mass is 275 g/mol. The van der Waals surface area contributed by atoms with Gasteiger partial charge in [-0.25, -0.2) is 0 Å². The molecule has 21 heavy (non-hydrogen) atoms. The average Bonchev–Trinajstić information content (AvgIpc) is 3.21. The third-order valence-electron chi connectivity index (χ3n) is 3.14. The molecule has 6 heteroatoms. The maximum absolute atomic E-state index is 9.35. The Hall–Kier alpha value is -3.38. The van der Waals surface area contributed by atoms with Gasteiger partial charge in [0.25, 0.3) is 0 Å². The predicted octanol–water partition coefficient (Wildman–Crippen LogP) is 2.25. The Morgan fingerprint density at radius 2 is 1.90 bits per heavy atom. The summed E-state index contributed by atoms with van der Waals surface area (Å²) in [5.74, 6) is 0.663. The van der Waals surface area contributed by atoms with Gasteiger partial charge in [0.2, 0.25) is 0 Å². The van der Waals surface area contributed by atoms with E-state index in [4.69, 9.17) is 9.68 Å². The van der Waals surface area contributed by atoms with Crippen LogP contribution in [0, 0.1) is 22.7 Å². The topological polar surface area (TPSA) is 91.4 Å². The Bertz CT molecular complexity index is 788. The van der Waals surface area contributed by atoms with Crippen molar-refractivity contribution in [2.24, 2.45) is 0 Å². The van der Waals surface area contributed by atoms with E-state index in [2.05, 4.69) is 16.3 Å². The number of furan rings is 1. The summed E-state index contributed by atoms with van der Waals surface area (Å²) in [7, 11) is 0. The molecule has 0 saturated heterocycles. The molecule has 100 valence electrons. The van der Waals surface area contributed by atoms with Crippen molar-refractivity contribution in [2.45, 2.75) is 6.04 Å². The highest BCUT2D eigenvalue weighted by Gasteiger charge is 2.22. The highest BCUT2D eigenvalue weighted by molar-refractivity contribution is 5.48. The third kappa shape index (κ3) is 2.26. The number of benzene rings is 1. The van der Waals surface area contributed by atoms with Crippen molar-refractivity contribution in [3.8, 4) is 12.1 Å². The molecule has 0 aliphatic rings. The first-order valence-corrected chi connectivity index (χ1v) is 6.15. The summed E-state index contributed by atoms with van der Waals surface area (Å²) in [5.41, 5.74) is 1.59. The van der Waals surface area contributed by atoms with Crippen LogP contribution in [0.25, 0.3) is 0 Å². The molecule has 6 nitrogen and oxygen atoms in total. The van der Waals surface area contributed by atoms with E-state index in [1.165, 1.54) is 0 Å². The van der Waals surface area contributed by atoms with Crippen molar-refractivity contribution < 1.29 is 4.42 Å². The molecule has 0 amide bonds. The molecule has 2 aromatic heterocycles. The molecule has 1 atom stereocenters. The van der Waals surface area contributed by atoms with Gasteiger partial charge < -0.3 is 8.98 Å². The van der Waals surface area contributed by atoms with Gasteiger partial charge in [-0.3, -0.25) is 0 Å². The van der Waals surface area contributed by atoms with Crippen molar-refractivity contribution in [2.75, 3.05) is 0 Å². The van der Waals surface area contributed by atoms with Crippen molar-refractivity contribution >= 4 is 0 Å². The molecule has 0 fully saturated rings. The smallest absolute Gasteiger partial charge is 0.131 e. The zero-order chi connectivity index (χ0) is 14.7. The molecule has 0 N–H and O–H groups in total. The number of nitriles is 2. The molecule has 1 aromatic carbocycles. The summed E-state index contributed by atoms with van der Waals surface area (Å²) >= 11 is 0. The number of hydrogen-bond donors (Lipinski definition) is 0. The Kier molecular flexibility index (Phi) is 3.20. The summed E-state index contributed by atoms with van der Waals surface area (Å²) in [6, 6.07) is 12.4. The van der Waals surface area contributed by atoms with Crippen LogP contribution >= 0.6 is 0 Å². The molecular formula is C15H9N5O. The second-order valence-corrected chi connectivity index (χ2v) is 4.35. The van der Waals surface area contributed by atoms with Crippen LogP contribution in [0.5, 0.6) is 0 Å². The van der Waals surface area contributed by atoms with Crippen LogP contribution in [0.1, 0.15) is 28.5 Å². The molecule has 0 aliphatic carbocycles. The number of rotatable bonds is 3. The number of hydrogen-bond acceptors (Lipinski definition) is 5. The molecule has 0 radical (unpaired) electrons. The van der Waals surface area contributed by atoms with E-state index in [1.807, 2.05) is 12.1 Å². The highest BCUT2D eigenvalue weighted by atomic mass is 16.3. The van der Waals surface area contributed by atoms with Crippen molar-refractivity contribution in [3.63, 3.8) is 0 Å². The summed E-state index contributed by atoms with van der Waals surface area (Å²) in [6.07, 6.45) is 4.70. The Morgan fingerprint density at radius 1 is 1.10 bits per heavy atom. The molecule has 0 bridgehead atoms. The van der Waals surface area contributed by atoms with Gasteiger partial charge in [0.1, 0.15) is 24.5 Å². The van der Waals surface area contributed by atoms with E-state index in [0.29, 0.717) is 16.9 Å². The maximum atomic E-state index is 9.35. The summed E-state index contributed by atoms with van der Waals surface area (Å²) in [5, 5.41) is 25.9. The van der Waals surface area contributed by atoms with Crippen LogP contribution in [0.3, 0.4) is 0 Å². The average molecular weight is 275 g/mol. The van der Waals surface area contributed by atoms with Gasteiger partial charge in [-0.1, -0.05) is 6.07 Å². The van der Waals surface area contributed by atoms with Gasteiger partial charge in [-0.15, -0.1) is 10.2 Å². The van der Waals surface area contributed by atoms with Crippen molar-refractivity contribution in [1.29, 1.82) is 10.5 Å². The fourth-order valence-corrected chi connectivity index (χ4v) is 2.21. The van der Waals surface area contributed by atoms with Gasteiger partial charge in [0.05, 0.1) is 29.5 Å². The molecule has 1 unspecified atom stereocenters. The first-order valence-electron chi connectivity index (χ1n) is 6.15. The summed E-state index contributed by atoms with van der Waals surface area (Å²) < 4.78 is 7.23. The van der Waals surface area contributed by atoms with Crippen LogP contribution in [0.4, 0.5) is 0 Å². The van der Waals surface area contributed by atoms with E-state index >= 15 is 0 Å². The molecule has 2 heterocycles. The van der Waals surface area contributed by atoms with E-state index in [9.17, 15) is 5.26 Å². The molecule has 3 rings (SSSR count). The normalized spacial score (nSPS) is 11.5. The highest BCUT2D eigenvalue weighted by Crippen LogP contribution is 2.29. The van der Waals surface area contributed by atoms with Crippen LogP contribution in [0.15, 0.2) is 53.7 Å². The number of aromatic nitrogens is 3. The lowest BCUT2D eigenvalue weighted by molar-refractivity contribution is 0.459. The lowest BCUT2D eigenvalue weighted by Crippen LogP contribution is -2.11. The minimum absolute atomic E-state index is 0.350. The van der Waals surface area contributed by atoms with Crippen LogP contribution in [-0.2, 0) is 0 Å². The van der Waals surface area contributed by atoms with Crippen LogP contribution < -0.4 is 0 Å². The van der Waals surface area contributed by atoms with Gasteiger partial charge >= 0.3 is 0 Å². The lowest BCUT2D eigenvalue weighted by Gasteiger charge is -2.17. The molecule has 3 aromatic rings. The fraction of sp³-hybridized carbons (Fsp3) is 0.0667. The van der Waals surface area contributed by atoms with Crippen LogP contribution in [-0.4, -0.2) is 14.8 Å². The second kappa shape index (κ2) is 5.32. The molecular weight excluding hydrogens is 266 g/mol. The van der Waals surface area contributed by atoms with E-state index in [-0.39, 0.29) is 6.04 Å². The largest absolute Gasteiger partial charge is 0.467 e. The zero-order valence-corrected chi connectivity index (χ0v) is 10.8. The first kappa shape index (κ1) is 12.6. The Morgan fingerprint density at radius 3 is 2.52 bits per heavy atom. The second-order valence-electron chi connectivity index (χ2n) is 4.35. The van der Waals surface area contributed by atoms with E-state index in [0.717, 1.165) is 5.56 Å². The first-order chi connectivity index (χ1) is 10.3. The summed E-state index contributed by atoms with van der Waals surface area (Å²) in [6.45, 7) is 0. The van der Waals surface area contributed by atoms with E-state index in [1.54, 1.807) is 47.8 Å². The van der Waals surface area contributed by atoms with Crippen molar-refractivity contribution in [3.05, 3.63) is 71.7 Å². The minimum Gasteiger partial charge on any atom is -0.467 e. The van der Waals surface area contributed by atoms with Crippen LogP contribution in [0.2, 0.25) is 0 Å². The SMILES string of the molecule is N#Cc1ccc(C(c2ccco2)n2cnnc2)c(C#N)c1. The molecule has 0 aliphatic heterocycles. The standard InChI is InChI=1S/C15H9N5O/c16-7-11-3-4-13(12(6-11)8-17)15(14-2-1-5-21-14)20-9-18-19-10-20/h1-6,9-10,15H. The zero-order valence-electron chi connectivity index (χ0n) is 10.8. The fourth-order valence-electron chi connectivity index (χ4n) is 2.21. The molecule has 0 spiro atoms. The number of nitrogens with zero attached hydrogens (tertiary/aromatic N) is 5. The van der Waals surface area contributed by atoms with E-state index < -0.39 is 0 Å². The van der Waals surface area contributed by atoms with Gasteiger partial charge in [-0.05, 0) is 24.3 Å². The van der Waals surface area contributed by atoms with Gasteiger partial charge in [-0.2, -0.15) is 10.5 Å². The van der Waals surface area contributed by atoms with Gasteiger partial charge in [0.15, 0.2) is 0 Å². The minimum atomic E-state index is -0.350. The quantitative estimate of drug-likeness (QED) is 0.731. The Balaban J connectivity index is 2.19. The van der Waals surface area contributed by atoms with Gasteiger partial charge in [0, 0.05) is 5.56 Å². The Labute approximate surface area is 120 Å². The maximum Gasteiger partial charge on any atom is 0.131 e. The lowest BCUT2D eigenvalue weighted by atomic mass is 9.97. The molecule has 0 saturated carbocycles.